The number of hydrogen-bond acceptors (Lipinski definition) is 2. The Balaban J connectivity index is -0.0000000720. The van der Waals surface area contributed by atoms with Gasteiger partial charge in [0.25, 0.3) is 22.7 Å². The lowest BCUT2D eigenvalue weighted by molar-refractivity contribution is 0.452. The fourth-order valence-corrected chi connectivity index (χ4v) is 0. The van der Waals surface area contributed by atoms with Gasteiger partial charge in [-0.25, -0.2) is 0 Å². The second-order valence-corrected chi connectivity index (χ2v) is 1.38. The van der Waals surface area contributed by atoms with Gasteiger partial charge in [0.2, 0.25) is 0 Å². The third-order valence-electron chi connectivity index (χ3n) is 0. The van der Waals surface area contributed by atoms with E-state index in [9.17, 15) is 0 Å². The molecule has 0 saturated carbocycles. The topological polar surface area (TPSA) is 115 Å². The van der Waals surface area contributed by atoms with Crippen molar-refractivity contribution in [1.82, 2.24) is 0 Å². The predicted octanol–water partition coefficient (Wildman–Crippen LogP) is -0.525. The molecule has 4 N–H and O–H groups in total. The molecule has 0 bridgehead atoms. The minimum Gasteiger partial charge on any atom is -0.284 e. The fourth-order valence-electron chi connectivity index (χ4n) is 0. The van der Waals surface area contributed by atoms with Crippen LogP contribution in [0.15, 0.2) is 0 Å². The minimum absolute atomic E-state index is 0. The monoisotopic (exact) mass is 198 g/mol. The van der Waals surface area contributed by atoms with E-state index in [1.165, 1.54) is 0 Å². The molecule has 0 fully saturated rings. The summed E-state index contributed by atoms with van der Waals surface area (Å²) >= 11 is -5.22. The standard InChI is InChI=1S/2H2O3S.H2S/c2*1-4(2)3;/h2*(H2,1,2,3);1H2. The molecular formula is H6O6S3. The molecule has 0 atom stereocenters. The molecule has 60 valence electrons. The van der Waals surface area contributed by atoms with Gasteiger partial charge in [0.15, 0.2) is 0 Å². The van der Waals surface area contributed by atoms with E-state index >= 15 is 0 Å². The van der Waals surface area contributed by atoms with E-state index in [-0.39, 0.29) is 13.5 Å². The average molecular weight is 198 g/mol. The second kappa shape index (κ2) is 11.3. The Morgan fingerprint density at radius 1 is 0.778 bits per heavy atom. The van der Waals surface area contributed by atoms with E-state index in [1.54, 1.807) is 0 Å². The summed E-state index contributed by atoms with van der Waals surface area (Å²) in [6.07, 6.45) is 0. The maximum atomic E-state index is 8.67. The Labute approximate surface area is 63.3 Å². The molecule has 0 aromatic rings. The third-order valence-corrected chi connectivity index (χ3v) is 0. The first kappa shape index (κ1) is 16.2. The maximum Gasteiger partial charge on any atom is 0.299 e. The number of rotatable bonds is 0. The van der Waals surface area contributed by atoms with Crippen molar-refractivity contribution in [3.8, 4) is 0 Å². The van der Waals surface area contributed by atoms with Gasteiger partial charge in [-0.15, -0.1) is 0 Å². The molecule has 0 aliphatic rings. The first-order valence-corrected chi connectivity index (χ1v) is 3.19. The summed E-state index contributed by atoms with van der Waals surface area (Å²) in [5.74, 6) is 0. The van der Waals surface area contributed by atoms with Crippen molar-refractivity contribution < 1.29 is 26.6 Å². The van der Waals surface area contributed by atoms with Crippen molar-refractivity contribution in [2.24, 2.45) is 0 Å². The highest BCUT2D eigenvalue weighted by molar-refractivity contribution is 7.73. The third kappa shape index (κ3) is 1490. The normalized spacial score (nSPS) is 7.78. The van der Waals surface area contributed by atoms with Crippen LogP contribution in [0.4, 0.5) is 0 Å². The molecule has 0 aromatic heterocycles. The molecule has 0 saturated heterocycles. The zero-order chi connectivity index (χ0) is 7.15. The zero-order valence-electron chi connectivity index (χ0n) is 3.92. The molecule has 9 heavy (non-hydrogen) atoms. The van der Waals surface area contributed by atoms with Gasteiger partial charge in [0, 0.05) is 0 Å². The van der Waals surface area contributed by atoms with Crippen LogP contribution >= 0.6 is 13.5 Å². The summed E-state index contributed by atoms with van der Waals surface area (Å²) in [6.45, 7) is 0. The summed E-state index contributed by atoms with van der Waals surface area (Å²) in [4.78, 5) is 0. The van der Waals surface area contributed by atoms with Crippen LogP contribution in [-0.4, -0.2) is 26.6 Å². The molecule has 0 heterocycles. The van der Waals surface area contributed by atoms with Gasteiger partial charge >= 0.3 is 0 Å². The largest absolute Gasteiger partial charge is 0.299 e. The van der Waals surface area contributed by atoms with Crippen LogP contribution in [0.2, 0.25) is 0 Å². The Hall–Kier alpha value is 0.490. The highest BCUT2D eigenvalue weighted by atomic mass is 32.2. The van der Waals surface area contributed by atoms with E-state index in [0.29, 0.717) is 0 Å². The lowest BCUT2D eigenvalue weighted by atomic mass is 15.8. The Kier molecular flexibility index (Phi) is 20.4. The lowest BCUT2D eigenvalue weighted by Crippen LogP contribution is -1.74. The molecule has 0 aromatic carbocycles. The van der Waals surface area contributed by atoms with Gasteiger partial charge in [-0.05, 0) is 0 Å². The van der Waals surface area contributed by atoms with Crippen LogP contribution in [0.1, 0.15) is 0 Å². The first-order valence-electron chi connectivity index (χ1n) is 1.06. The van der Waals surface area contributed by atoms with E-state index < -0.39 is 22.7 Å². The van der Waals surface area contributed by atoms with Gasteiger partial charge in [0.1, 0.15) is 0 Å². The molecule has 6 nitrogen and oxygen atoms in total. The summed E-state index contributed by atoms with van der Waals surface area (Å²) < 4.78 is 45.7. The van der Waals surface area contributed by atoms with Crippen molar-refractivity contribution in [2.75, 3.05) is 0 Å². The van der Waals surface area contributed by atoms with E-state index in [4.69, 9.17) is 26.6 Å². The van der Waals surface area contributed by atoms with Gasteiger partial charge < -0.3 is 0 Å². The molecule has 0 spiro atoms. The molecular weight excluding hydrogens is 192 g/mol. The van der Waals surface area contributed by atoms with Gasteiger partial charge in [-0.2, -0.15) is 21.9 Å². The van der Waals surface area contributed by atoms with Crippen molar-refractivity contribution in [1.29, 1.82) is 0 Å². The molecule has 0 amide bonds. The molecule has 0 aliphatic heterocycles. The Morgan fingerprint density at radius 2 is 0.778 bits per heavy atom. The van der Waals surface area contributed by atoms with Crippen LogP contribution in [0.25, 0.3) is 0 Å². The molecule has 0 unspecified atom stereocenters. The van der Waals surface area contributed by atoms with Crippen LogP contribution in [-0.2, 0) is 22.7 Å². The maximum absolute atomic E-state index is 8.67. The van der Waals surface area contributed by atoms with Gasteiger partial charge in [-0.3, -0.25) is 18.2 Å². The van der Waals surface area contributed by atoms with Gasteiger partial charge in [-0.1, -0.05) is 0 Å². The quantitative estimate of drug-likeness (QED) is 0.389. The smallest absolute Gasteiger partial charge is 0.284 e. The fraction of sp³-hybridized carbons (Fsp3) is 0. The molecule has 0 aliphatic carbocycles. The van der Waals surface area contributed by atoms with Crippen LogP contribution in [0.3, 0.4) is 0 Å². The minimum atomic E-state index is -2.61. The lowest BCUT2D eigenvalue weighted by Gasteiger charge is -1.59. The van der Waals surface area contributed by atoms with Crippen LogP contribution in [0, 0.1) is 0 Å². The summed E-state index contributed by atoms with van der Waals surface area (Å²) in [7, 11) is 0. The summed E-state index contributed by atoms with van der Waals surface area (Å²) in [6, 6.07) is 0. The van der Waals surface area contributed by atoms with Crippen molar-refractivity contribution in [2.45, 2.75) is 0 Å². The first-order chi connectivity index (χ1) is 3.46. The van der Waals surface area contributed by atoms with Crippen LogP contribution < -0.4 is 0 Å². The molecule has 0 radical (unpaired) electrons. The number of hydrogen-bond donors (Lipinski definition) is 4. The predicted molar refractivity (Wildman–Crippen MR) is 37.2 cm³/mol. The average Bonchev–Trinajstić information content (AvgIpc) is 1.25. The Bertz CT molecular complexity index is 66.3. The highest BCUT2D eigenvalue weighted by Crippen LogP contribution is 1.44. The molecule has 0 rings (SSSR count). The highest BCUT2D eigenvalue weighted by Gasteiger charge is 1.63. The van der Waals surface area contributed by atoms with Crippen molar-refractivity contribution >= 4 is 36.2 Å². The Morgan fingerprint density at radius 3 is 0.778 bits per heavy atom. The van der Waals surface area contributed by atoms with Gasteiger partial charge in [0.05, 0.1) is 0 Å². The van der Waals surface area contributed by atoms with E-state index in [2.05, 4.69) is 0 Å². The summed E-state index contributed by atoms with van der Waals surface area (Å²) in [5, 5.41) is 0. The molecule has 9 heteroatoms. The van der Waals surface area contributed by atoms with E-state index in [1.807, 2.05) is 0 Å². The zero-order valence-corrected chi connectivity index (χ0v) is 6.55. The van der Waals surface area contributed by atoms with E-state index in [0.717, 1.165) is 0 Å². The SMILES string of the molecule is O=S(O)O.O=S(O)O.S. The van der Waals surface area contributed by atoms with Crippen molar-refractivity contribution in [3.05, 3.63) is 0 Å². The second-order valence-electron chi connectivity index (χ2n) is 0.461. The summed E-state index contributed by atoms with van der Waals surface area (Å²) in [5.41, 5.74) is 0. The van der Waals surface area contributed by atoms with Crippen molar-refractivity contribution in [3.63, 3.8) is 0 Å². The van der Waals surface area contributed by atoms with Crippen LogP contribution in [0.5, 0.6) is 0 Å².